The minimum absolute atomic E-state index is 0.348. The zero-order valence-electron chi connectivity index (χ0n) is 13.1. The van der Waals surface area contributed by atoms with Crippen molar-refractivity contribution in [2.75, 3.05) is 11.9 Å². The number of nitrogens with zero attached hydrogens (tertiary/aromatic N) is 2. The molecule has 0 fully saturated rings. The van der Waals surface area contributed by atoms with Gasteiger partial charge in [0.15, 0.2) is 10.8 Å². The van der Waals surface area contributed by atoms with Crippen LogP contribution in [0.1, 0.15) is 17.8 Å². The van der Waals surface area contributed by atoms with Crippen LogP contribution in [-0.2, 0) is 12.7 Å². The van der Waals surface area contributed by atoms with E-state index in [9.17, 15) is 13.2 Å². The molecule has 2 rings (SSSR count). The zero-order valence-corrected chi connectivity index (χ0v) is 15.5. The van der Waals surface area contributed by atoms with Crippen molar-refractivity contribution in [1.29, 1.82) is 0 Å². The van der Waals surface area contributed by atoms with E-state index in [0.717, 1.165) is 6.07 Å². The van der Waals surface area contributed by atoms with Crippen LogP contribution in [0.15, 0.2) is 24.3 Å². The summed E-state index contributed by atoms with van der Waals surface area (Å²) in [6, 6.07) is 5.98. The Balaban J connectivity index is 1.79. The first-order chi connectivity index (χ1) is 11.6. The summed E-state index contributed by atoms with van der Waals surface area (Å²) in [6.07, 6.45) is -3.88. The van der Waals surface area contributed by atoms with Crippen molar-refractivity contribution in [2.24, 2.45) is 0 Å². The lowest BCUT2D eigenvalue weighted by Gasteiger charge is -2.11. The van der Waals surface area contributed by atoms with Gasteiger partial charge in [-0.1, -0.05) is 23.2 Å². The maximum absolute atomic E-state index is 12.6. The summed E-state index contributed by atoms with van der Waals surface area (Å²) >= 11 is 17.0. The second kappa shape index (κ2) is 8.25. The average molecular weight is 411 g/mol. The van der Waals surface area contributed by atoms with Gasteiger partial charge >= 0.3 is 6.18 Å². The minimum atomic E-state index is -4.43. The van der Waals surface area contributed by atoms with Crippen molar-refractivity contribution in [3.05, 3.63) is 45.7 Å². The van der Waals surface area contributed by atoms with Crippen molar-refractivity contribution in [3.63, 3.8) is 0 Å². The number of aryl methyl sites for hydroxylation is 2. The Morgan fingerprint density at radius 3 is 2.40 bits per heavy atom. The number of nitrogens with one attached hydrogen (secondary N) is 2. The minimum Gasteiger partial charge on any atom is -0.362 e. The largest absolute Gasteiger partial charge is 0.435 e. The van der Waals surface area contributed by atoms with Crippen molar-refractivity contribution >= 4 is 46.2 Å². The molecular formula is C15H15Cl2F3N4S. The molecule has 1 aromatic heterocycles. The molecule has 2 N–H and O–H groups in total. The molecule has 0 aliphatic rings. The standard InChI is InChI=1S/C15H15Cl2F3N4S/c1-9-5-13(15(18,19)20)23-24(9)4-2-3-21-14(25)22-12-7-10(16)6-11(17)8-12/h5-8H,2-4H2,1H3,(H2,21,22,25). The summed E-state index contributed by atoms with van der Waals surface area (Å²) < 4.78 is 39.2. The Bertz CT molecular complexity index is 741. The molecule has 4 nitrogen and oxygen atoms in total. The van der Waals surface area contributed by atoms with E-state index >= 15 is 0 Å². The van der Waals surface area contributed by atoms with Gasteiger partial charge in [0, 0.05) is 34.5 Å². The summed E-state index contributed by atoms with van der Waals surface area (Å²) in [7, 11) is 0. The van der Waals surface area contributed by atoms with Crippen LogP contribution in [0.25, 0.3) is 0 Å². The lowest BCUT2D eigenvalue weighted by atomic mass is 10.3. The number of rotatable bonds is 5. The van der Waals surface area contributed by atoms with E-state index in [4.69, 9.17) is 35.4 Å². The van der Waals surface area contributed by atoms with Crippen LogP contribution in [0.4, 0.5) is 18.9 Å². The van der Waals surface area contributed by atoms with Crippen molar-refractivity contribution < 1.29 is 13.2 Å². The first-order valence-electron chi connectivity index (χ1n) is 7.28. The number of alkyl halides is 3. The van der Waals surface area contributed by atoms with E-state index in [1.165, 1.54) is 4.68 Å². The first-order valence-corrected chi connectivity index (χ1v) is 8.44. The van der Waals surface area contributed by atoms with Crippen LogP contribution in [-0.4, -0.2) is 21.4 Å². The number of thiocarbonyl (C=S) groups is 1. The molecule has 0 aliphatic carbocycles. The molecule has 0 atom stereocenters. The third-order valence-electron chi connectivity index (χ3n) is 3.22. The Kier molecular flexibility index (Phi) is 6.53. The molecule has 1 heterocycles. The third kappa shape index (κ3) is 6.05. The summed E-state index contributed by atoms with van der Waals surface area (Å²) in [6.45, 7) is 2.41. The normalized spacial score (nSPS) is 11.4. The Morgan fingerprint density at radius 2 is 1.84 bits per heavy atom. The molecule has 0 saturated carbocycles. The molecule has 0 unspecified atom stereocenters. The molecule has 25 heavy (non-hydrogen) atoms. The first kappa shape index (κ1) is 19.8. The molecule has 0 radical (unpaired) electrons. The number of hydrogen-bond acceptors (Lipinski definition) is 2. The highest BCUT2D eigenvalue weighted by molar-refractivity contribution is 7.80. The van der Waals surface area contributed by atoms with E-state index in [2.05, 4.69) is 15.7 Å². The Labute approximate surface area is 158 Å². The van der Waals surface area contributed by atoms with Crippen molar-refractivity contribution in [1.82, 2.24) is 15.1 Å². The van der Waals surface area contributed by atoms with Crippen LogP contribution < -0.4 is 10.6 Å². The maximum atomic E-state index is 12.6. The fourth-order valence-corrected chi connectivity index (χ4v) is 2.85. The lowest BCUT2D eigenvalue weighted by molar-refractivity contribution is -0.141. The monoisotopic (exact) mass is 410 g/mol. The second-order valence-electron chi connectivity index (χ2n) is 5.28. The van der Waals surface area contributed by atoms with Crippen LogP contribution >= 0.6 is 35.4 Å². The smallest absolute Gasteiger partial charge is 0.362 e. The molecule has 0 amide bonds. The predicted octanol–water partition coefficient (Wildman–Crippen LogP) is 4.89. The highest BCUT2D eigenvalue weighted by Crippen LogP contribution is 2.28. The highest BCUT2D eigenvalue weighted by atomic mass is 35.5. The quantitative estimate of drug-likeness (QED) is 0.543. The molecule has 2 aromatic rings. The van der Waals surface area contributed by atoms with Gasteiger partial charge in [0.25, 0.3) is 0 Å². The van der Waals surface area contributed by atoms with Gasteiger partial charge in [0.2, 0.25) is 0 Å². The van der Waals surface area contributed by atoms with Gasteiger partial charge in [-0.15, -0.1) is 0 Å². The molecule has 0 bridgehead atoms. The average Bonchev–Trinajstić information content (AvgIpc) is 2.84. The number of aromatic nitrogens is 2. The zero-order chi connectivity index (χ0) is 18.6. The highest BCUT2D eigenvalue weighted by Gasteiger charge is 2.34. The maximum Gasteiger partial charge on any atom is 0.435 e. The summed E-state index contributed by atoms with van der Waals surface area (Å²) in [5, 5.41) is 10.8. The van der Waals surface area contributed by atoms with Crippen molar-refractivity contribution in [2.45, 2.75) is 26.1 Å². The van der Waals surface area contributed by atoms with E-state index < -0.39 is 11.9 Å². The van der Waals surface area contributed by atoms with E-state index in [1.807, 2.05) is 0 Å². The summed E-state index contributed by atoms with van der Waals surface area (Å²) in [5.41, 5.74) is 0.224. The fourth-order valence-electron chi connectivity index (χ4n) is 2.11. The molecule has 136 valence electrons. The van der Waals surface area contributed by atoms with E-state index in [0.29, 0.717) is 46.0 Å². The van der Waals surface area contributed by atoms with Gasteiger partial charge < -0.3 is 10.6 Å². The summed E-state index contributed by atoms with van der Waals surface area (Å²) in [5.74, 6) is 0. The van der Waals surface area contributed by atoms with E-state index in [-0.39, 0.29) is 0 Å². The van der Waals surface area contributed by atoms with Crippen LogP contribution in [0, 0.1) is 6.92 Å². The lowest BCUT2D eigenvalue weighted by Crippen LogP contribution is -2.29. The van der Waals surface area contributed by atoms with Gasteiger partial charge in [0.1, 0.15) is 0 Å². The van der Waals surface area contributed by atoms with Crippen molar-refractivity contribution in [3.8, 4) is 0 Å². The molecule has 0 aliphatic heterocycles. The third-order valence-corrected chi connectivity index (χ3v) is 3.91. The summed E-state index contributed by atoms with van der Waals surface area (Å²) in [4.78, 5) is 0. The van der Waals surface area contributed by atoms with E-state index in [1.54, 1.807) is 25.1 Å². The fraction of sp³-hybridized carbons (Fsp3) is 0.333. The number of benzene rings is 1. The molecule has 0 spiro atoms. The van der Waals surface area contributed by atoms with Crippen LogP contribution in [0.2, 0.25) is 10.0 Å². The van der Waals surface area contributed by atoms with Gasteiger partial charge in [0.05, 0.1) is 0 Å². The number of halogens is 5. The van der Waals surface area contributed by atoms with Gasteiger partial charge in [-0.25, -0.2) is 0 Å². The Hall–Kier alpha value is -1.51. The number of hydrogen-bond donors (Lipinski definition) is 2. The molecular weight excluding hydrogens is 396 g/mol. The van der Waals surface area contributed by atoms with Gasteiger partial charge in [-0.3, -0.25) is 4.68 Å². The Morgan fingerprint density at radius 1 is 1.20 bits per heavy atom. The van der Waals surface area contributed by atoms with Crippen LogP contribution in [0.3, 0.4) is 0 Å². The molecule has 0 saturated heterocycles. The topological polar surface area (TPSA) is 41.9 Å². The van der Waals surface area contributed by atoms with Gasteiger partial charge in [-0.2, -0.15) is 18.3 Å². The van der Waals surface area contributed by atoms with Crippen LogP contribution in [0.5, 0.6) is 0 Å². The molecule has 10 heteroatoms. The number of anilines is 1. The second-order valence-corrected chi connectivity index (χ2v) is 6.57. The SMILES string of the molecule is Cc1cc(C(F)(F)F)nn1CCCNC(=S)Nc1cc(Cl)cc(Cl)c1. The molecule has 1 aromatic carbocycles. The van der Waals surface area contributed by atoms with Gasteiger partial charge in [-0.05, 0) is 49.8 Å². The predicted molar refractivity (Wildman–Crippen MR) is 97.3 cm³/mol.